The van der Waals surface area contributed by atoms with E-state index >= 15 is 0 Å². The number of nitrogens with one attached hydrogen (secondary N) is 2. The van der Waals surface area contributed by atoms with Crippen LogP contribution in [-0.2, 0) is 24.8 Å². The van der Waals surface area contributed by atoms with Crippen LogP contribution in [0.25, 0.3) is 0 Å². The van der Waals surface area contributed by atoms with Crippen molar-refractivity contribution in [3.05, 3.63) is 0 Å². The standard InChI is InChI=1S/C16H22F12N2O4S.C15H22F12N2O2S.C2H6/c1-30(9-11(31)32)5-2-4-29-35(33,34)6-3-12(17,18)7-10(14(20,21)22)8-13(19,15(23,24)25)16(26,27)28;1-29(2)6-3-5-28-32(30,31)7-4-11(16,17)8-10(13(19,20)21)9-12(18,14(22,23)24)15(25,26)27;1-2/h10,29H,2-9H2,1H3,(H,31,32);10,28H,3-9H2,1-2H3;1-2H3/p-1. The van der Waals surface area contributed by atoms with Crippen LogP contribution in [-0.4, -0.2) is 158 Å². The number of carboxylic acids is 1. The Balaban J connectivity index is -0.00000122. The molecule has 69 heavy (non-hydrogen) atoms. The molecule has 0 saturated carbocycles. The summed E-state index contributed by atoms with van der Waals surface area (Å²) in [4.78, 5) is 13.2. The number of nitrogens with zero attached hydrogens (tertiary/aromatic N) is 2. The Bertz CT molecular complexity index is 1710. The predicted octanol–water partition coefficient (Wildman–Crippen LogP) is 8.50. The molecule has 0 aromatic heterocycles. The van der Waals surface area contributed by atoms with Crippen molar-refractivity contribution in [2.45, 2.75) is 125 Å². The van der Waals surface area contributed by atoms with E-state index in [4.69, 9.17) is 0 Å². The molecule has 0 aliphatic heterocycles. The molecule has 36 heteroatoms. The molecule has 0 aliphatic carbocycles. The molecule has 2 N–H and O–H groups in total. The summed E-state index contributed by atoms with van der Waals surface area (Å²) in [5.41, 5.74) is -12.8. The molecule has 2 unspecified atom stereocenters. The first-order valence-electron chi connectivity index (χ1n) is 19.3. The first-order chi connectivity index (χ1) is 30.3. The minimum atomic E-state index is -6.90. The highest BCUT2D eigenvalue weighted by Gasteiger charge is 2.75. The smallest absolute Gasteiger partial charge is 0.431 e. The van der Waals surface area contributed by atoms with Gasteiger partial charge in [-0.15, -0.1) is 0 Å². The van der Waals surface area contributed by atoms with Gasteiger partial charge < -0.3 is 19.7 Å². The Morgan fingerprint density at radius 2 is 0.768 bits per heavy atom. The zero-order valence-electron chi connectivity index (χ0n) is 36.5. The zero-order valence-corrected chi connectivity index (χ0v) is 38.1. The summed E-state index contributed by atoms with van der Waals surface area (Å²) in [6.45, 7) is 3.26. The first kappa shape index (κ1) is 70.8. The maximum atomic E-state index is 14.0. The summed E-state index contributed by atoms with van der Waals surface area (Å²) >= 11 is 0. The summed E-state index contributed by atoms with van der Waals surface area (Å²) in [5.74, 6) is -22.0. The van der Waals surface area contributed by atoms with Crippen LogP contribution in [0.15, 0.2) is 0 Å². The van der Waals surface area contributed by atoms with Gasteiger partial charge in [-0.25, -0.2) is 52.6 Å². The molecule has 0 spiro atoms. The third-order valence-corrected chi connectivity index (χ3v) is 11.7. The number of likely N-dealkylation sites (N-methyl/N-ethyl adjacent to an activating group) is 1. The molecule has 0 fully saturated rings. The van der Waals surface area contributed by atoms with Crippen molar-refractivity contribution in [1.29, 1.82) is 0 Å². The van der Waals surface area contributed by atoms with Gasteiger partial charge in [-0.3, -0.25) is 0 Å². The van der Waals surface area contributed by atoms with E-state index in [1.54, 1.807) is 23.7 Å². The summed E-state index contributed by atoms with van der Waals surface area (Å²) in [6, 6.07) is 0. The quantitative estimate of drug-likeness (QED) is 0.0650. The largest absolute Gasteiger partial charge is 0.549 e. The molecular weight excluding hydrogens is 1070 g/mol. The van der Waals surface area contributed by atoms with Gasteiger partial charge in [0, 0.05) is 58.2 Å². The second kappa shape index (κ2) is 26.5. The molecule has 0 heterocycles. The van der Waals surface area contributed by atoms with Gasteiger partial charge in [-0.2, -0.15) is 79.0 Å². The Morgan fingerprint density at radius 3 is 1.00 bits per heavy atom. The van der Waals surface area contributed by atoms with Crippen LogP contribution in [0.2, 0.25) is 0 Å². The van der Waals surface area contributed by atoms with E-state index < -0.39 is 161 Å². The lowest BCUT2D eigenvalue weighted by Crippen LogP contribution is -2.55. The van der Waals surface area contributed by atoms with E-state index in [0.29, 0.717) is 6.54 Å². The molecule has 0 saturated heterocycles. The molecule has 10 nitrogen and oxygen atoms in total. The fourth-order valence-corrected chi connectivity index (χ4v) is 7.54. The van der Waals surface area contributed by atoms with Crippen molar-refractivity contribution in [2.75, 3.05) is 65.4 Å². The Hall–Kier alpha value is -2.47. The van der Waals surface area contributed by atoms with Crippen molar-refractivity contribution in [1.82, 2.24) is 19.2 Å². The van der Waals surface area contributed by atoms with Crippen LogP contribution in [0.1, 0.15) is 65.2 Å². The van der Waals surface area contributed by atoms with Crippen molar-refractivity contribution in [3.63, 3.8) is 0 Å². The number of rotatable bonds is 26. The molecule has 0 rings (SSSR count). The molecular formula is C33H49F24N4O6S2-. The number of aliphatic carboxylic acids is 1. The highest BCUT2D eigenvalue weighted by Crippen LogP contribution is 2.55. The fourth-order valence-electron chi connectivity index (χ4n) is 5.21. The van der Waals surface area contributed by atoms with Crippen LogP contribution < -0.4 is 14.6 Å². The maximum absolute atomic E-state index is 14.0. The minimum Gasteiger partial charge on any atom is -0.549 e. The van der Waals surface area contributed by atoms with Gasteiger partial charge in [-0.05, 0) is 47.1 Å². The Kier molecular flexibility index (Phi) is 27.2. The third kappa shape index (κ3) is 26.7. The maximum Gasteiger partial charge on any atom is 0.431 e. The molecule has 0 aromatic rings. The molecule has 0 radical (unpaired) electrons. The SMILES string of the molecule is CC.CN(C)CCCNS(=O)(=O)CCC(F)(F)CC(CC(F)(C(F)(F)F)C(F)(F)F)C(F)(F)F.CN(CCCNS(=O)(=O)CCC(F)(F)CC(CC(F)(C(F)(F)F)C(F)(F)F)C(F)(F)F)CC(=O)[O-]. The molecule has 0 amide bonds. The molecule has 0 aliphatic rings. The Morgan fingerprint density at radius 1 is 0.493 bits per heavy atom. The summed E-state index contributed by atoms with van der Waals surface area (Å²) in [6.07, 6.45) is -55.4. The molecule has 418 valence electrons. The van der Waals surface area contributed by atoms with Crippen LogP contribution in [0.3, 0.4) is 0 Å². The number of alkyl halides is 24. The van der Waals surface area contributed by atoms with Gasteiger partial charge in [-0.1, -0.05) is 13.8 Å². The topological polar surface area (TPSA) is 139 Å². The third-order valence-electron chi connectivity index (χ3n) is 8.88. The van der Waals surface area contributed by atoms with Crippen molar-refractivity contribution in [2.24, 2.45) is 11.8 Å². The fraction of sp³-hybridized carbons (Fsp3) is 0.970. The molecule has 2 atom stereocenters. The predicted molar refractivity (Wildman–Crippen MR) is 194 cm³/mol. The number of hydrogen-bond acceptors (Lipinski definition) is 8. The summed E-state index contributed by atoms with van der Waals surface area (Å²) < 4.78 is 362. The van der Waals surface area contributed by atoms with Crippen molar-refractivity contribution in [3.8, 4) is 0 Å². The summed E-state index contributed by atoms with van der Waals surface area (Å²) in [5, 5.41) is 10.4. The van der Waals surface area contributed by atoms with E-state index in [1.807, 2.05) is 18.6 Å². The zero-order chi connectivity index (χ0) is 55.9. The van der Waals surface area contributed by atoms with E-state index in [1.165, 1.54) is 11.9 Å². The average Bonchev–Trinajstić information content (AvgIpc) is 3.11. The number of carbonyl (C=O) groups is 1. The van der Waals surface area contributed by atoms with Crippen molar-refractivity contribution >= 4 is 26.0 Å². The van der Waals surface area contributed by atoms with Gasteiger partial charge in [0.05, 0.1) is 29.3 Å². The second-order valence-electron chi connectivity index (χ2n) is 15.1. The minimum absolute atomic E-state index is 0.00329. The lowest BCUT2D eigenvalue weighted by molar-refractivity contribution is -0.354. The molecule has 0 bridgehead atoms. The van der Waals surface area contributed by atoms with E-state index in [9.17, 15) is 132 Å². The number of halogens is 24. The number of carboxylic acid groups (broad SMARTS) is 1. The number of hydrogen-bond donors (Lipinski definition) is 2. The first-order valence-corrected chi connectivity index (χ1v) is 22.6. The lowest BCUT2D eigenvalue weighted by Gasteiger charge is -2.34. The van der Waals surface area contributed by atoms with Crippen LogP contribution in [0, 0.1) is 11.8 Å². The average molecular weight is 1120 g/mol. The normalized spacial score (nSPS) is 15.3. The lowest BCUT2D eigenvalue weighted by atomic mass is 9.86. The molecule has 0 aromatic carbocycles. The van der Waals surface area contributed by atoms with E-state index in [0.717, 1.165) is 0 Å². The van der Waals surface area contributed by atoms with Gasteiger partial charge in [0.25, 0.3) is 11.3 Å². The van der Waals surface area contributed by atoms with Gasteiger partial charge in [0.1, 0.15) is 0 Å². The van der Waals surface area contributed by atoms with Crippen LogP contribution in [0.4, 0.5) is 105 Å². The Labute approximate surface area is 379 Å². The number of sulfonamides is 2. The van der Waals surface area contributed by atoms with Crippen molar-refractivity contribution < 1.29 is 132 Å². The van der Waals surface area contributed by atoms with Crippen LogP contribution >= 0.6 is 0 Å². The van der Waals surface area contributed by atoms with Gasteiger partial charge in [0.15, 0.2) is 0 Å². The summed E-state index contributed by atoms with van der Waals surface area (Å²) in [7, 11) is -4.39. The highest BCUT2D eigenvalue weighted by molar-refractivity contribution is 7.89. The second-order valence-corrected chi connectivity index (χ2v) is 19.0. The van der Waals surface area contributed by atoms with Gasteiger partial charge in [0.2, 0.25) is 31.9 Å². The van der Waals surface area contributed by atoms with Crippen LogP contribution in [0.5, 0.6) is 0 Å². The van der Waals surface area contributed by atoms with E-state index in [2.05, 4.69) is 0 Å². The monoisotopic (exact) mass is 1120 g/mol. The van der Waals surface area contributed by atoms with Gasteiger partial charge >= 0.3 is 37.1 Å². The highest BCUT2D eigenvalue weighted by atomic mass is 32.2. The number of carbonyl (C=O) groups excluding carboxylic acids is 1. The van der Waals surface area contributed by atoms with E-state index in [-0.39, 0.29) is 25.9 Å².